The molecule has 0 atom stereocenters. The molecule has 10 heteroatoms. The maximum atomic E-state index is 12.6. The largest absolute Gasteiger partial charge is 0.501 e. The van der Waals surface area contributed by atoms with Crippen molar-refractivity contribution in [3.05, 3.63) is 36.9 Å². The van der Waals surface area contributed by atoms with Crippen molar-refractivity contribution in [3.8, 4) is 0 Å². The number of carbonyl (C=O) groups excluding carboxylic acids is 2. The van der Waals surface area contributed by atoms with E-state index < -0.39 is 31.6 Å². The Morgan fingerprint density at radius 1 is 1.32 bits per heavy atom. The molecule has 1 fully saturated rings. The SMILES string of the molecule is C=CC(=O)N1CC(C)(C(=O)Nc2cccc(S(=O)(=O)C(F)(F)F)c2)C1. The zero-order chi connectivity index (χ0) is 19.0. The Morgan fingerprint density at radius 3 is 2.44 bits per heavy atom. The quantitative estimate of drug-likeness (QED) is 0.815. The lowest BCUT2D eigenvalue weighted by molar-refractivity contribution is -0.145. The normalized spacial score (nSPS) is 16.7. The number of rotatable bonds is 4. The van der Waals surface area contributed by atoms with E-state index in [1.807, 2.05) is 0 Å². The van der Waals surface area contributed by atoms with Crippen molar-refractivity contribution in [1.29, 1.82) is 0 Å². The number of anilines is 1. The summed E-state index contributed by atoms with van der Waals surface area (Å²) < 4.78 is 60.6. The van der Waals surface area contributed by atoms with Gasteiger partial charge in [-0.3, -0.25) is 9.59 Å². The summed E-state index contributed by atoms with van der Waals surface area (Å²) in [7, 11) is -5.50. The lowest BCUT2D eigenvalue weighted by Gasteiger charge is -2.46. The zero-order valence-electron chi connectivity index (χ0n) is 13.1. The first-order valence-corrected chi connectivity index (χ1v) is 8.53. The monoisotopic (exact) mass is 376 g/mol. The van der Waals surface area contributed by atoms with Crippen molar-refractivity contribution < 1.29 is 31.2 Å². The highest BCUT2D eigenvalue weighted by molar-refractivity contribution is 7.92. The van der Waals surface area contributed by atoms with Crippen molar-refractivity contribution in [3.63, 3.8) is 0 Å². The highest BCUT2D eigenvalue weighted by atomic mass is 32.2. The van der Waals surface area contributed by atoms with E-state index in [2.05, 4.69) is 11.9 Å². The average Bonchev–Trinajstić information content (AvgIpc) is 2.50. The molecule has 2 rings (SSSR count). The van der Waals surface area contributed by atoms with E-state index in [4.69, 9.17) is 0 Å². The fourth-order valence-corrected chi connectivity index (χ4v) is 3.19. The van der Waals surface area contributed by atoms with Gasteiger partial charge in [-0.25, -0.2) is 8.42 Å². The first kappa shape index (κ1) is 19.0. The van der Waals surface area contributed by atoms with Crippen molar-refractivity contribution in [2.24, 2.45) is 5.41 Å². The molecule has 1 saturated heterocycles. The highest BCUT2D eigenvalue weighted by Crippen LogP contribution is 2.33. The molecule has 0 spiro atoms. The number of carbonyl (C=O) groups is 2. The van der Waals surface area contributed by atoms with Crippen LogP contribution < -0.4 is 5.32 Å². The molecule has 0 aromatic heterocycles. The lowest BCUT2D eigenvalue weighted by atomic mass is 9.80. The molecule has 1 aliphatic heterocycles. The van der Waals surface area contributed by atoms with E-state index in [1.165, 1.54) is 11.0 Å². The minimum Gasteiger partial charge on any atom is -0.337 e. The molecule has 1 heterocycles. The Balaban J connectivity index is 2.15. The van der Waals surface area contributed by atoms with E-state index in [0.717, 1.165) is 24.3 Å². The molecule has 1 aromatic rings. The number of sulfone groups is 1. The Hall–Kier alpha value is -2.36. The van der Waals surface area contributed by atoms with Gasteiger partial charge in [0.15, 0.2) is 0 Å². The van der Waals surface area contributed by atoms with Gasteiger partial charge in [-0.2, -0.15) is 13.2 Å². The number of nitrogens with one attached hydrogen (secondary N) is 1. The Bertz CT molecular complexity index is 827. The lowest BCUT2D eigenvalue weighted by Crippen LogP contribution is -2.61. The Kier molecular flexibility index (Phi) is 4.69. The number of nitrogens with zero attached hydrogens (tertiary/aromatic N) is 1. The predicted octanol–water partition coefficient (Wildman–Crippen LogP) is 1.95. The van der Waals surface area contributed by atoms with Gasteiger partial charge in [0.25, 0.3) is 9.84 Å². The number of halogens is 3. The van der Waals surface area contributed by atoms with Crippen LogP contribution >= 0.6 is 0 Å². The van der Waals surface area contributed by atoms with Crippen LogP contribution in [0, 0.1) is 5.41 Å². The van der Waals surface area contributed by atoms with E-state index in [1.54, 1.807) is 6.92 Å². The van der Waals surface area contributed by atoms with Gasteiger partial charge in [-0.1, -0.05) is 12.6 Å². The van der Waals surface area contributed by atoms with Crippen LogP contribution in [0.4, 0.5) is 18.9 Å². The maximum absolute atomic E-state index is 12.6. The zero-order valence-corrected chi connectivity index (χ0v) is 13.9. The molecular formula is C15H15F3N2O4S. The molecule has 2 amide bonds. The molecule has 0 radical (unpaired) electrons. The number of hydrogen-bond acceptors (Lipinski definition) is 4. The number of benzene rings is 1. The van der Waals surface area contributed by atoms with E-state index in [9.17, 15) is 31.2 Å². The van der Waals surface area contributed by atoms with Gasteiger partial charge >= 0.3 is 5.51 Å². The summed E-state index contributed by atoms with van der Waals surface area (Å²) in [6, 6.07) is 3.93. The van der Waals surface area contributed by atoms with Crippen LogP contribution in [-0.2, 0) is 19.4 Å². The van der Waals surface area contributed by atoms with E-state index in [-0.39, 0.29) is 24.7 Å². The molecule has 1 aliphatic rings. The van der Waals surface area contributed by atoms with Crippen LogP contribution in [0.25, 0.3) is 0 Å². The smallest absolute Gasteiger partial charge is 0.337 e. The minimum absolute atomic E-state index is 0.0787. The molecule has 0 bridgehead atoms. The third-order valence-corrected chi connectivity index (χ3v) is 5.31. The summed E-state index contributed by atoms with van der Waals surface area (Å²) in [5, 5.41) is 2.39. The third kappa shape index (κ3) is 3.53. The van der Waals surface area contributed by atoms with Crippen molar-refractivity contribution in [1.82, 2.24) is 4.90 Å². The minimum atomic E-state index is -5.50. The molecule has 136 valence electrons. The van der Waals surface area contributed by atoms with Gasteiger partial charge in [-0.15, -0.1) is 0 Å². The van der Waals surface area contributed by atoms with Crippen LogP contribution in [0.1, 0.15) is 6.92 Å². The van der Waals surface area contributed by atoms with Gasteiger partial charge in [0, 0.05) is 18.8 Å². The van der Waals surface area contributed by atoms with Gasteiger partial charge in [0.2, 0.25) is 11.8 Å². The van der Waals surface area contributed by atoms with Crippen LogP contribution in [0.15, 0.2) is 41.8 Å². The predicted molar refractivity (Wildman–Crippen MR) is 83.2 cm³/mol. The molecule has 25 heavy (non-hydrogen) atoms. The third-order valence-electron chi connectivity index (χ3n) is 3.82. The van der Waals surface area contributed by atoms with Crippen LogP contribution in [0.5, 0.6) is 0 Å². The molecule has 0 aliphatic carbocycles. The number of alkyl halides is 3. The summed E-state index contributed by atoms with van der Waals surface area (Å²) in [6.45, 7) is 5.18. The van der Waals surface area contributed by atoms with E-state index in [0.29, 0.717) is 0 Å². The topological polar surface area (TPSA) is 83.6 Å². The van der Waals surface area contributed by atoms with Gasteiger partial charge in [0.05, 0.1) is 10.3 Å². The second-order valence-corrected chi connectivity index (χ2v) is 7.83. The molecule has 1 aromatic carbocycles. The van der Waals surface area contributed by atoms with Crippen LogP contribution in [0.3, 0.4) is 0 Å². The average molecular weight is 376 g/mol. The number of likely N-dealkylation sites (tertiary alicyclic amines) is 1. The van der Waals surface area contributed by atoms with Gasteiger partial charge in [0.1, 0.15) is 0 Å². The standard InChI is InChI=1S/C15H15F3N2O4S/c1-3-12(21)20-8-14(2,9-20)13(22)19-10-5-4-6-11(7-10)25(23,24)15(16,17)18/h3-7H,1,8-9H2,2H3,(H,19,22). The fraction of sp³-hybridized carbons (Fsp3) is 0.333. The summed E-state index contributed by atoms with van der Waals surface area (Å²) in [4.78, 5) is 24.1. The van der Waals surface area contributed by atoms with Gasteiger partial charge < -0.3 is 10.2 Å². The first-order chi connectivity index (χ1) is 11.4. The fourth-order valence-electron chi connectivity index (χ4n) is 2.38. The molecule has 1 N–H and O–H groups in total. The Morgan fingerprint density at radius 2 is 1.92 bits per heavy atom. The van der Waals surface area contributed by atoms with Crippen molar-refractivity contribution in [2.45, 2.75) is 17.3 Å². The molecule has 0 unspecified atom stereocenters. The number of hydrogen-bond donors (Lipinski definition) is 1. The second-order valence-electron chi connectivity index (χ2n) is 5.89. The summed E-state index contributed by atoms with van der Waals surface area (Å²) in [6.07, 6.45) is 1.11. The summed E-state index contributed by atoms with van der Waals surface area (Å²) in [5.74, 6) is -0.856. The van der Waals surface area contributed by atoms with E-state index >= 15 is 0 Å². The Labute approximate surface area is 142 Å². The molecule has 6 nitrogen and oxygen atoms in total. The maximum Gasteiger partial charge on any atom is 0.501 e. The summed E-state index contributed by atoms with van der Waals surface area (Å²) in [5.41, 5.74) is -6.43. The van der Waals surface area contributed by atoms with Crippen LogP contribution in [0.2, 0.25) is 0 Å². The number of amides is 2. The van der Waals surface area contributed by atoms with Crippen LogP contribution in [-0.4, -0.2) is 43.7 Å². The first-order valence-electron chi connectivity index (χ1n) is 7.05. The highest BCUT2D eigenvalue weighted by Gasteiger charge is 2.48. The van der Waals surface area contributed by atoms with Crippen molar-refractivity contribution >= 4 is 27.3 Å². The second kappa shape index (κ2) is 6.17. The molecule has 0 saturated carbocycles. The summed E-state index contributed by atoms with van der Waals surface area (Å²) >= 11 is 0. The van der Waals surface area contributed by atoms with Crippen molar-refractivity contribution in [2.75, 3.05) is 18.4 Å². The molecular weight excluding hydrogens is 361 g/mol. The van der Waals surface area contributed by atoms with Gasteiger partial charge in [-0.05, 0) is 31.2 Å².